The molecule has 8 heteroatoms. The van der Waals surface area contributed by atoms with Gasteiger partial charge in [0.1, 0.15) is 12.4 Å². The second-order valence-corrected chi connectivity index (χ2v) is 3.77. The molecule has 0 aliphatic rings. The minimum Gasteiger partial charge on any atom is -0.396 e. The van der Waals surface area contributed by atoms with Gasteiger partial charge in [0.25, 0.3) is 5.91 Å². The molecule has 2 rings (SSSR count). The third-order valence-electron chi connectivity index (χ3n) is 2.25. The topological polar surface area (TPSA) is 105 Å². The summed E-state index contributed by atoms with van der Waals surface area (Å²) in [5.74, 6) is 0.279. The molecule has 0 spiro atoms. The maximum Gasteiger partial charge on any atom is 0.260 e. The van der Waals surface area contributed by atoms with Gasteiger partial charge in [-0.2, -0.15) is 0 Å². The predicted octanol–water partition coefficient (Wildman–Crippen LogP) is -0.649. The first kappa shape index (κ1) is 13.0. The molecular formula is C11H14N6O2. The molecule has 2 aromatic rings. The Morgan fingerprint density at radius 1 is 1.42 bits per heavy atom. The fourth-order valence-corrected chi connectivity index (χ4v) is 1.40. The van der Waals surface area contributed by atoms with E-state index in [4.69, 9.17) is 5.11 Å². The lowest BCUT2D eigenvalue weighted by Crippen LogP contribution is -2.33. The van der Waals surface area contributed by atoms with Gasteiger partial charge in [0.2, 0.25) is 0 Å². The lowest BCUT2D eigenvalue weighted by Gasteiger charge is -2.06. The molecular weight excluding hydrogens is 248 g/mol. The number of pyridine rings is 1. The Morgan fingerprint density at radius 2 is 2.32 bits per heavy atom. The van der Waals surface area contributed by atoms with Gasteiger partial charge in [0, 0.05) is 25.4 Å². The van der Waals surface area contributed by atoms with E-state index in [0.717, 1.165) is 0 Å². The fourth-order valence-electron chi connectivity index (χ4n) is 1.40. The highest BCUT2D eigenvalue weighted by molar-refractivity contribution is 5.76. The van der Waals surface area contributed by atoms with Crippen LogP contribution < -0.4 is 10.9 Å². The van der Waals surface area contributed by atoms with E-state index in [-0.39, 0.29) is 19.1 Å². The number of rotatable bonds is 6. The fraction of sp³-hybridized carbons (Fsp3) is 0.273. The summed E-state index contributed by atoms with van der Waals surface area (Å²) in [6.07, 6.45) is 3.66. The third-order valence-corrected chi connectivity index (χ3v) is 2.25. The highest BCUT2D eigenvalue weighted by Gasteiger charge is 2.05. The van der Waals surface area contributed by atoms with E-state index in [1.807, 2.05) is 0 Å². The molecule has 0 saturated carbocycles. The smallest absolute Gasteiger partial charge is 0.260 e. The molecule has 19 heavy (non-hydrogen) atoms. The van der Waals surface area contributed by atoms with Crippen LogP contribution in [0.3, 0.4) is 0 Å². The number of carbonyl (C=O) groups is 1. The molecule has 2 heterocycles. The van der Waals surface area contributed by atoms with Gasteiger partial charge in [-0.15, -0.1) is 5.10 Å². The van der Waals surface area contributed by atoms with Crippen molar-refractivity contribution in [3.63, 3.8) is 0 Å². The minimum atomic E-state index is -0.272. The van der Waals surface area contributed by atoms with E-state index in [1.54, 1.807) is 30.6 Å². The van der Waals surface area contributed by atoms with Crippen LogP contribution in [0, 0.1) is 0 Å². The van der Waals surface area contributed by atoms with E-state index >= 15 is 0 Å². The molecule has 0 radical (unpaired) electrons. The SMILES string of the molecule is O=C(Cn1cc(CCO)nn1)NNc1ccccn1. The van der Waals surface area contributed by atoms with Crippen molar-refractivity contribution in [2.24, 2.45) is 0 Å². The molecule has 0 aliphatic heterocycles. The Balaban J connectivity index is 1.80. The first-order chi connectivity index (χ1) is 9.28. The molecule has 0 saturated heterocycles. The number of hydrazine groups is 1. The van der Waals surface area contributed by atoms with Crippen LogP contribution in [-0.4, -0.2) is 37.6 Å². The largest absolute Gasteiger partial charge is 0.396 e. The van der Waals surface area contributed by atoms with Crippen molar-refractivity contribution in [1.82, 2.24) is 25.4 Å². The van der Waals surface area contributed by atoms with Gasteiger partial charge in [-0.1, -0.05) is 11.3 Å². The summed E-state index contributed by atoms with van der Waals surface area (Å²) in [5, 5.41) is 16.3. The first-order valence-electron chi connectivity index (χ1n) is 5.73. The summed E-state index contributed by atoms with van der Waals surface area (Å²) in [5.41, 5.74) is 5.83. The molecule has 0 bridgehead atoms. The maximum atomic E-state index is 11.6. The molecule has 1 amide bonds. The van der Waals surface area contributed by atoms with Crippen LogP contribution in [0.1, 0.15) is 5.69 Å². The van der Waals surface area contributed by atoms with Gasteiger partial charge in [-0.25, -0.2) is 9.67 Å². The van der Waals surface area contributed by atoms with E-state index in [2.05, 4.69) is 26.1 Å². The standard InChI is InChI=1S/C11H14N6O2/c18-6-4-9-7-17(16-13-9)8-11(19)15-14-10-3-1-2-5-12-10/h1-3,5,7,18H,4,6,8H2,(H,12,14)(H,15,19). The summed E-state index contributed by atoms with van der Waals surface area (Å²) < 4.78 is 1.40. The average molecular weight is 262 g/mol. The third kappa shape index (κ3) is 4.03. The lowest BCUT2D eigenvalue weighted by molar-refractivity contribution is -0.121. The van der Waals surface area contributed by atoms with Gasteiger partial charge in [-0.3, -0.25) is 15.6 Å². The first-order valence-corrected chi connectivity index (χ1v) is 5.73. The number of aliphatic hydroxyl groups excluding tert-OH is 1. The van der Waals surface area contributed by atoms with Gasteiger partial charge >= 0.3 is 0 Å². The van der Waals surface area contributed by atoms with E-state index in [1.165, 1.54) is 4.68 Å². The molecule has 3 N–H and O–H groups in total. The summed E-state index contributed by atoms with van der Waals surface area (Å²) >= 11 is 0. The highest BCUT2D eigenvalue weighted by atomic mass is 16.3. The monoisotopic (exact) mass is 262 g/mol. The van der Waals surface area contributed by atoms with Gasteiger partial charge in [-0.05, 0) is 12.1 Å². The molecule has 8 nitrogen and oxygen atoms in total. The molecule has 0 aromatic carbocycles. The number of carbonyl (C=O) groups excluding carboxylic acids is 1. The molecule has 0 unspecified atom stereocenters. The van der Waals surface area contributed by atoms with Crippen LogP contribution in [0.2, 0.25) is 0 Å². The van der Waals surface area contributed by atoms with Crippen LogP contribution in [0.4, 0.5) is 5.82 Å². The number of anilines is 1. The van der Waals surface area contributed by atoms with Crippen molar-refractivity contribution in [2.45, 2.75) is 13.0 Å². The van der Waals surface area contributed by atoms with Crippen molar-refractivity contribution in [1.29, 1.82) is 0 Å². The molecule has 0 atom stereocenters. The Bertz CT molecular complexity index is 527. The molecule has 100 valence electrons. The van der Waals surface area contributed by atoms with Gasteiger partial charge in [0.05, 0.1) is 5.69 Å². The Morgan fingerprint density at radius 3 is 3.05 bits per heavy atom. The lowest BCUT2D eigenvalue weighted by atomic mass is 10.3. The van der Waals surface area contributed by atoms with Crippen molar-refractivity contribution in [2.75, 3.05) is 12.0 Å². The summed E-state index contributed by atoms with van der Waals surface area (Å²) in [6, 6.07) is 5.32. The summed E-state index contributed by atoms with van der Waals surface area (Å²) in [4.78, 5) is 15.6. The van der Waals surface area contributed by atoms with Crippen molar-refractivity contribution < 1.29 is 9.90 Å². The highest BCUT2D eigenvalue weighted by Crippen LogP contribution is 1.97. The van der Waals surface area contributed by atoms with Crippen molar-refractivity contribution in [3.05, 3.63) is 36.3 Å². The van der Waals surface area contributed by atoms with Crippen LogP contribution in [0.15, 0.2) is 30.6 Å². The molecule has 0 fully saturated rings. The molecule has 0 aliphatic carbocycles. The Hall–Kier alpha value is -2.48. The van der Waals surface area contributed by atoms with Crippen LogP contribution in [0.25, 0.3) is 0 Å². The van der Waals surface area contributed by atoms with Crippen molar-refractivity contribution in [3.8, 4) is 0 Å². The van der Waals surface area contributed by atoms with Crippen LogP contribution in [-0.2, 0) is 17.8 Å². The zero-order chi connectivity index (χ0) is 13.5. The van der Waals surface area contributed by atoms with E-state index in [9.17, 15) is 4.79 Å². The number of hydrogen-bond donors (Lipinski definition) is 3. The summed E-state index contributed by atoms with van der Waals surface area (Å²) in [6.45, 7) is 0.0460. The van der Waals surface area contributed by atoms with Gasteiger partial charge in [0.15, 0.2) is 0 Å². The zero-order valence-electron chi connectivity index (χ0n) is 10.2. The number of amides is 1. The second-order valence-electron chi connectivity index (χ2n) is 3.77. The summed E-state index contributed by atoms with van der Waals surface area (Å²) in [7, 11) is 0. The number of hydrogen-bond acceptors (Lipinski definition) is 6. The number of aromatic nitrogens is 4. The van der Waals surface area contributed by atoms with Crippen LogP contribution >= 0.6 is 0 Å². The van der Waals surface area contributed by atoms with Crippen molar-refractivity contribution >= 4 is 11.7 Å². The predicted molar refractivity (Wildman–Crippen MR) is 66.8 cm³/mol. The number of nitrogens with one attached hydrogen (secondary N) is 2. The van der Waals surface area contributed by atoms with Gasteiger partial charge < -0.3 is 5.11 Å². The second kappa shape index (κ2) is 6.45. The van der Waals surface area contributed by atoms with Crippen LogP contribution in [0.5, 0.6) is 0 Å². The maximum absolute atomic E-state index is 11.6. The number of aliphatic hydroxyl groups is 1. The number of nitrogens with zero attached hydrogens (tertiary/aromatic N) is 4. The zero-order valence-corrected chi connectivity index (χ0v) is 10.2. The van der Waals surface area contributed by atoms with E-state index < -0.39 is 0 Å². The minimum absolute atomic E-state index is 0.00607. The average Bonchev–Trinajstić information content (AvgIpc) is 2.85. The normalized spacial score (nSPS) is 10.2. The Kier molecular flexibility index (Phi) is 4.40. The molecule has 2 aromatic heterocycles. The van der Waals surface area contributed by atoms with E-state index in [0.29, 0.717) is 17.9 Å². The Labute approximate surface area is 109 Å². The quantitative estimate of drug-likeness (QED) is 0.598.